The van der Waals surface area contributed by atoms with Crippen LogP contribution in [0.15, 0.2) is 59.3 Å². The largest absolute Gasteiger partial charge is 0.356 e. The van der Waals surface area contributed by atoms with Gasteiger partial charge in [0.05, 0.1) is 16.3 Å². The number of nitrogens with one attached hydrogen (secondary N) is 1. The molecule has 1 N–H and O–H groups in total. The average molecular weight is 378 g/mol. The maximum absolute atomic E-state index is 12.3. The van der Waals surface area contributed by atoms with E-state index in [1.54, 1.807) is 36.5 Å². The Bertz CT molecular complexity index is 1150. The second kappa shape index (κ2) is 6.85. The van der Waals surface area contributed by atoms with Gasteiger partial charge >= 0.3 is 0 Å². The molecule has 2 aromatic heterocycles. The van der Waals surface area contributed by atoms with Crippen molar-refractivity contribution < 1.29 is 9.32 Å². The molecule has 1 amide bonds. The van der Waals surface area contributed by atoms with E-state index in [-0.39, 0.29) is 5.91 Å². The van der Waals surface area contributed by atoms with Crippen LogP contribution in [-0.2, 0) is 0 Å². The molecule has 0 saturated heterocycles. The van der Waals surface area contributed by atoms with Crippen LogP contribution in [0.3, 0.4) is 0 Å². The topological polar surface area (TPSA) is 68.0 Å². The van der Waals surface area contributed by atoms with Gasteiger partial charge in [0.25, 0.3) is 5.91 Å². The Morgan fingerprint density at radius 2 is 1.93 bits per heavy atom. The molecule has 134 valence electrons. The standard InChI is InChI=1S/C21H16ClN3O2/c1-12-9-17-13(2)25-27-19(17)10-16(12)14-7-8-20(23-11-14)24-21(26)15-5-3-4-6-18(15)22/h3-11H,1-2H3,(H,23,24,26). The lowest BCUT2D eigenvalue weighted by Gasteiger charge is -2.09. The van der Waals surface area contributed by atoms with Crippen LogP contribution in [0.2, 0.25) is 5.02 Å². The smallest absolute Gasteiger partial charge is 0.258 e. The number of aromatic nitrogens is 2. The molecule has 4 rings (SSSR count). The Hall–Kier alpha value is -3.18. The average Bonchev–Trinajstić information content (AvgIpc) is 3.02. The molecule has 0 saturated carbocycles. The number of nitrogens with zero attached hydrogens (tertiary/aromatic N) is 2. The van der Waals surface area contributed by atoms with Crippen LogP contribution in [0.1, 0.15) is 21.6 Å². The summed E-state index contributed by atoms with van der Waals surface area (Å²) in [5, 5.41) is 8.18. The van der Waals surface area contributed by atoms with Crippen LogP contribution < -0.4 is 5.32 Å². The molecule has 0 aliphatic rings. The number of rotatable bonds is 3. The summed E-state index contributed by atoms with van der Waals surface area (Å²) in [7, 11) is 0. The van der Waals surface area contributed by atoms with Gasteiger partial charge < -0.3 is 9.84 Å². The molecular weight excluding hydrogens is 362 g/mol. The van der Waals surface area contributed by atoms with Crippen molar-refractivity contribution >= 4 is 34.3 Å². The highest BCUT2D eigenvalue weighted by molar-refractivity contribution is 6.34. The zero-order valence-electron chi connectivity index (χ0n) is 14.8. The Kier molecular flexibility index (Phi) is 4.38. The first kappa shape index (κ1) is 17.2. The van der Waals surface area contributed by atoms with Gasteiger partial charge in [0.15, 0.2) is 5.58 Å². The van der Waals surface area contributed by atoms with Gasteiger partial charge in [0.2, 0.25) is 0 Å². The number of aryl methyl sites for hydroxylation is 2. The fraction of sp³-hybridized carbons (Fsp3) is 0.0952. The minimum absolute atomic E-state index is 0.296. The molecule has 0 spiro atoms. The SMILES string of the molecule is Cc1cc2c(C)noc2cc1-c1ccc(NC(=O)c2ccccc2Cl)nc1. The van der Waals surface area contributed by atoms with Crippen molar-refractivity contribution in [3.05, 3.63) is 76.6 Å². The molecule has 27 heavy (non-hydrogen) atoms. The first-order chi connectivity index (χ1) is 13.0. The molecule has 0 unspecified atom stereocenters. The van der Waals surface area contributed by atoms with Crippen molar-refractivity contribution in [2.75, 3.05) is 5.32 Å². The fourth-order valence-electron chi connectivity index (χ4n) is 2.98. The van der Waals surface area contributed by atoms with Gasteiger partial charge in [-0.15, -0.1) is 0 Å². The molecule has 4 aromatic rings. The molecule has 0 fully saturated rings. The van der Waals surface area contributed by atoms with E-state index in [9.17, 15) is 4.79 Å². The van der Waals surface area contributed by atoms with E-state index in [0.29, 0.717) is 16.4 Å². The Morgan fingerprint density at radius 1 is 1.11 bits per heavy atom. The number of carbonyl (C=O) groups is 1. The lowest BCUT2D eigenvalue weighted by molar-refractivity contribution is 0.102. The summed E-state index contributed by atoms with van der Waals surface area (Å²) >= 11 is 6.06. The summed E-state index contributed by atoms with van der Waals surface area (Å²) < 4.78 is 5.36. The van der Waals surface area contributed by atoms with E-state index in [1.807, 2.05) is 26.0 Å². The third-order valence-corrected chi connectivity index (χ3v) is 4.76. The van der Waals surface area contributed by atoms with Crippen molar-refractivity contribution in [2.45, 2.75) is 13.8 Å². The van der Waals surface area contributed by atoms with Crippen LogP contribution in [0.25, 0.3) is 22.1 Å². The Balaban J connectivity index is 1.60. The predicted octanol–water partition coefficient (Wildman–Crippen LogP) is 5.41. The minimum Gasteiger partial charge on any atom is -0.356 e. The molecule has 0 bridgehead atoms. The third-order valence-electron chi connectivity index (χ3n) is 4.43. The highest BCUT2D eigenvalue weighted by Gasteiger charge is 2.12. The molecular formula is C21H16ClN3O2. The second-order valence-corrected chi connectivity index (χ2v) is 6.70. The summed E-state index contributed by atoms with van der Waals surface area (Å²) in [5.74, 6) is 0.161. The van der Waals surface area contributed by atoms with Crippen LogP contribution in [0, 0.1) is 13.8 Å². The summed E-state index contributed by atoms with van der Waals surface area (Å²) in [6.07, 6.45) is 1.72. The van der Waals surface area contributed by atoms with E-state index < -0.39 is 0 Å². The van der Waals surface area contributed by atoms with Crippen LogP contribution in [0.5, 0.6) is 0 Å². The number of carbonyl (C=O) groups excluding carboxylic acids is 1. The maximum atomic E-state index is 12.3. The van der Waals surface area contributed by atoms with Gasteiger partial charge in [-0.05, 0) is 61.4 Å². The number of benzene rings is 2. The van der Waals surface area contributed by atoms with E-state index >= 15 is 0 Å². The highest BCUT2D eigenvalue weighted by Crippen LogP contribution is 2.30. The number of hydrogen-bond donors (Lipinski definition) is 1. The van der Waals surface area contributed by atoms with Gasteiger partial charge in [0.1, 0.15) is 5.82 Å². The highest BCUT2D eigenvalue weighted by atomic mass is 35.5. The van der Waals surface area contributed by atoms with Crippen molar-refractivity contribution in [1.82, 2.24) is 10.1 Å². The maximum Gasteiger partial charge on any atom is 0.258 e. The molecule has 0 aliphatic heterocycles. The number of pyridine rings is 1. The molecule has 2 heterocycles. The predicted molar refractivity (Wildman–Crippen MR) is 106 cm³/mol. The van der Waals surface area contributed by atoms with Crippen LogP contribution >= 0.6 is 11.6 Å². The summed E-state index contributed by atoms with van der Waals surface area (Å²) in [6.45, 7) is 3.96. The monoisotopic (exact) mass is 377 g/mol. The van der Waals surface area contributed by atoms with Gasteiger partial charge in [-0.3, -0.25) is 4.79 Å². The van der Waals surface area contributed by atoms with Crippen LogP contribution in [0.4, 0.5) is 5.82 Å². The fourth-order valence-corrected chi connectivity index (χ4v) is 3.20. The molecule has 0 aliphatic carbocycles. The van der Waals surface area contributed by atoms with E-state index in [2.05, 4.69) is 21.5 Å². The van der Waals surface area contributed by atoms with E-state index in [0.717, 1.165) is 33.4 Å². The van der Waals surface area contributed by atoms with Gasteiger partial charge in [-0.25, -0.2) is 4.98 Å². The second-order valence-electron chi connectivity index (χ2n) is 6.30. The van der Waals surface area contributed by atoms with Crippen molar-refractivity contribution in [2.24, 2.45) is 0 Å². The number of halogens is 1. The number of anilines is 1. The third kappa shape index (κ3) is 3.29. The van der Waals surface area contributed by atoms with Crippen molar-refractivity contribution in [1.29, 1.82) is 0 Å². The first-order valence-corrected chi connectivity index (χ1v) is 8.79. The molecule has 2 aromatic carbocycles. The first-order valence-electron chi connectivity index (χ1n) is 8.42. The molecule has 6 heteroatoms. The van der Waals surface area contributed by atoms with Gasteiger partial charge in [0, 0.05) is 17.1 Å². The number of amides is 1. The Morgan fingerprint density at radius 3 is 2.67 bits per heavy atom. The van der Waals surface area contributed by atoms with Crippen LogP contribution in [-0.4, -0.2) is 16.0 Å². The zero-order valence-corrected chi connectivity index (χ0v) is 15.5. The zero-order chi connectivity index (χ0) is 19.0. The lowest BCUT2D eigenvalue weighted by atomic mass is 10.00. The summed E-state index contributed by atoms with van der Waals surface area (Å²) in [4.78, 5) is 16.7. The lowest BCUT2D eigenvalue weighted by Crippen LogP contribution is -2.13. The summed E-state index contributed by atoms with van der Waals surface area (Å²) in [5.41, 5.74) is 5.06. The minimum atomic E-state index is -0.296. The summed E-state index contributed by atoms with van der Waals surface area (Å²) in [6, 6.07) is 14.6. The van der Waals surface area contributed by atoms with Gasteiger partial charge in [-0.2, -0.15) is 0 Å². The van der Waals surface area contributed by atoms with E-state index in [4.69, 9.17) is 16.1 Å². The molecule has 5 nitrogen and oxygen atoms in total. The molecule has 0 radical (unpaired) electrons. The Labute approximate surface area is 161 Å². The van der Waals surface area contributed by atoms with Gasteiger partial charge in [-0.1, -0.05) is 28.9 Å². The molecule has 0 atom stereocenters. The normalized spacial score (nSPS) is 10.9. The number of fused-ring (bicyclic) bond motifs is 1. The van der Waals surface area contributed by atoms with E-state index in [1.165, 1.54) is 0 Å². The number of hydrogen-bond acceptors (Lipinski definition) is 4. The van der Waals surface area contributed by atoms with Crippen molar-refractivity contribution in [3.8, 4) is 11.1 Å². The quantitative estimate of drug-likeness (QED) is 0.518. The van der Waals surface area contributed by atoms with Crippen molar-refractivity contribution in [3.63, 3.8) is 0 Å².